The van der Waals surface area contributed by atoms with Crippen LogP contribution in [0.15, 0.2) is 51.9 Å². The molecule has 2 aromatic heterocycles. The molecule has 5 rings (SSSR count). The van der Waals surface area contributed by atoms with Crippen LogP contribution in [0, 0.1) is 0 Å². The molecule has 2 aliphatic heterocycles. The maximum atomic E-state index is 12.5. The summed E-state index contributed by atoms with van der Waals surface area (Å²) in [5.74, 6) is 0. The van der Waals surface area contributed by atoms with E-state index in [0.29, 0.717) is 12.1 Å². The lowest BCUT2D eigenvalue weighted by Crippen LogP contribution is -2.51. The molecule has 6 heteroatoms. The summed E-state index contributed by atoms with van der Waals surface area (Å²) >= 11 is 3.60. The van der Waals surface area contributed by atoms with Crippen molar-refractivity contribution in [2.75, 3.05) is 18.0 Å². The summed E-state index contributed by atoms with van der Waals surface area (Å²) in [5.41, 5.74) is 4.53. The molecule has 3 aromatic rings. The molecule has 0 unspecified atom stereocenters. The summed E-state index contributed by atoms with van der Waals surface area (Å²) in [5, 5.41) is 1.04. The average Bonchev–Trinajstić information content (AvgIpc) is 3.03. The standard InChI is InChI=1S/C21H21BrN4O/c1-13-10-25(12-19-16-6-5-15(22)8-14(16)11-26(13)19)18-9-20(27)24(2)21-17(18)4-3-7-23-21/h3-9,13,19H,10-12H2,1-2H3/t13-,19-/m1/s1. The second-order valence-corrected chi connectivity index (χ2v) is 8.50. The van der Waals surface area contributed by atoms with Crippen LogP contribution in [0.5, 0.6) is 0 Å². The van der Waals surface area contributed by atoms with Crippen LogP contribution in [-0.2, 0) is 13.6 Å². The van der Waals surface area contributed by atoms with E-state index >= 15 is 0 Å². The van der Waals surface area contributed by atoms with Gasteiger partial charge in [-0.2, -0.15) is 0 Å². The summed E-state index contributed by atoms with van der Waals surface area (Å²) in [6, 6.07) is 13.1. The minimum absolute atomic E-state index is 0.0120. The van der Waals surface area contributed by atoms with Crippen molar-refractivity contribution in [3.05, 3.63) is 68.5 Å². The second-order valence-electron chi connectivity index (χ2n) is 7.59. The topological polar surface area (TPSA) is 41.4 Å². The van der Waals surface area contributed by atoms with Gasteiger partial charge in [-0.25, -0.2) is 4.98 Å². The molecule has 1 fully saturated rings. The molecule has 0 N–H and O–H groups in total. The number of hydrogen-bond donors (Lipinski definition) is 0. The fourth-order valence-corrected chi connectivity index (χ4v) is 5.02. The number of hydrogen-bond acceptors (Lipinski definition) is 4. The molecule has 0 spiro atoms. The van der Waals surface area contributed by atoms with Crippen LogP contribution in [0.1, 0.15) is 24.1 Å². The second kappa shape index (κ2) is 6.17. The van der Waals surface area contributed by atoms with Crippen molar-refractivity contribution in [3.8, 4) is 0 Å². The number of rotatable bonds is 1. The Kier molecular flexibility index (Phi) is 3.88. The number of pyridine rings is 2. The van der Waals surface area contributed by atoms with E-state index in [9.17, 15) is 4.79 Å². The normalized spacial score (nSPS) is 22.1. The number of aryl methyl sites for hydroxylation is 1. The lowest BCUT2D eigenvalue weighted by Gasteiger charge is -2.43. The van der Waals surface area contributed by atoms with Crippen LogP contribution >= 0.6 is 15.9 Å². The molecule has 2 aliphatic rings. The smallest absolute Gasteiger partial charge is 0.253 e. The maximum absolute atomic E-state index is 12.5. The third-order valence-corrected chi connectivity index (χ3v) is 6.47. The average molecular weight is 425 g/mol. The Morgan fingerprint density at radius 2 is 2.04 bits per heavy atom. The van der Waals surface area contributed by atoms with E-state index < -0.39 is 0 Å². The van der Waals surface area contributed by atoms with Crippen molar-refractivity contribution >= 4 is 32.7 Å². The zero-order valence-electron chi connectivity index (χ0n) is 15.4. The first-order valence-corrected chi connectivity index (χ1v) is 10.1. The maximum Gasteiger partial charge on any atom is 0.253 e. The lowest BCUT2D eigenvalue weighted by atomic mass is 10.0. The van der Waals surface area contributed by atoms with Crippen molar-refractivity contribution in [2.45, 2.75) is 25.6 Å². The van der Waals surface area contributed by atoms with Crippen LogP contribution in [0.4, 0.5) is 5.69 Å². The number of piperazine rings is 1. The van der Waals surface area contributed by atoms with Gasteiger partial charge in [-0.05, 0) is 42.3 Å². The highest BCUT2D eigenvalue weighted by atomic mass is 79.9. The fraction of sp³-hybridized carbons (Fsp3) is 0.333. The van der Waals surface area contributed by atoms with Gasteiger partial charge in [0, 0.05) is 54.8 Å². The largest absolute Gasteiger partial charge is 0.367 e. The van der Waals surface area contributed by atoms with E-state index in [1.165, 1.54) is 11.1 Å². The highest BCUT2D eigenvalue weighted by Gasteiger charge is 2.39. The van der Waals surface area contributed by atoms with Crippen LogP contribution in [-0.4, -0.2) is 33.6 Å². The van der Waals surface area contributed by atoms with E-state index in [2.05, 4.69) is 61.9 Å². The van der Waals surface area contributed by atoms with Crippen LogP contribution in [0.3, 0.4) is 0 Å². The van der Waals surface area contributed by atoms with Crippen LogP contribution in [0.25, 0.3) is 11.0 Å². The van der Waals surface area contributed by atoms with Crippen molar-refractivity contribution in [1.29, 1.82) is 0 Å². The Morgan fingerprint density at radius 1 is 1.19 bits per heavy atom. The van der Waals surface area contributed by atoms with Gasteiger partial charge in [-0.15, -0.1) is 0 Å². The quantitative estimate of drug-likeness (QED) is 0.599. The number of anilines is 1. The van der Waals surface area contributed by atoms with E-state index in [-0.39, 0.29) is 5.56 Å². The summed E-state index contributed by atoms with van der Waals surface area (Å²) in [6.45, 7) is 5.06. The van der Waals surface area contributed by atoms with Crippen LogP contribution in [0.2, 0.25) is 0 Å². The van der Waals surface area contributed by atoms with Gasteiger partial charge < -0.3 is 4.90 Å². The monoisotopic (exact) mass is 424 g/mol. The Balaban J connectivity index is 1.60. The SMILES string of the molecule is C[C@@H]1CN(c2cc(=O)n(C)c3ncccc23)C[C@@H]2c3ccc(Br)cc3CN12. The minimum Gasteiger partial charge on any atom is -0.367 e. The van der Waals surface area contributed by atoms with E-state index in [1.807, 2.05) is 6.07 Å². The minimum atomic E-state index is -0.0120. The van der Waals surface area contributed by atoms with Gasteiger partial charge in [0.05, 0.1) is 11.7 Å². The zero-order chi connectivity index (χ0) is 18.7. The Bertz CT molecular complexity index is 1110. The number of nitrogens with zero attached hydrogens (tertiary/aromatic N) is 4. The summed E-state index contributed by atoms with van der Waals surface area (Å²) in [6.07, 6.45) is 1.75. The molecule has 5 nitrogen and oxygen atoms in total. The van der Waals surface area contributed by atoms with E-state index in [0.717, 1.165) is 40.8 Å². The van der Waals surface area contributed by atoms with Crippen molar-refractivity contribution in [1.82, 2.24) is 14.5 Å². The van der Waals surface area contributed by atoms with Crippen LogP contribution < -0.4 is 10.5 Å². The Morgan fingerprint density at radius 3 is 2.89 bits per heavy atom. The Labute approximate surface area is 166 Å². The lowest BCUT2D eigenvalue weighted by molar-refractivity contribution is 0.134. The molecule has 0 aliphatic carbocycles. The first-order chi connectivity index (χ1) is 13.0. The predicted molar refractivity (Wildman–Crippen MR) is 111 cm³/mol. The first-order valence-electron chi connectivity index (χ1n) is 9.26. The van der Waals surface area contributed by atoms with Gasteiger partial charge >= 0.3 is 0 Å². The number of aromatic nitrogens is 2. The molecule has 0 amide bonds. The number of benzene rings is 1. The van der Waals surface area contributed by atoms with Gasteiger partial charge in [-0.3, -0.25) is 14.3 Å². The highest BCUT2D eigenvalue weighted by Crippen LogP contribution is 2.41. The van der Waals surface area contributed by atoms with Crippen molar-refractivity contribution in [2.24, 2.45) is 7.05 Å². The van der Waals surface area contributed by atoms with Gasteiger partial charge in [0.1, 0.15) is 5.65 Å². The Hall–Kier alpha value is -2.18. The molecule has 138 valence electrons. The predicted octanol–water partition coefficient (Wildman–Crippen LogP) is 3.46. The number of halogens is 1. The summed E-state index contributed by atoms with van der Waals surface area (Å²) in [4.78, 5) is 21.9. The zero-order valence-corrected chi connectivity index (χ0v) is 17.0. The number of fused-ring (bicyclic) bond motifs is 4. The molecule has 0 radical (unpaired) electrons. The molecule has 0 bridgehead atoms. The van der Waals surface area contributed by atoms with E-state index in [4.69, 9.17) is 0 Å². The summed E-state index contributed by atoms with van der Waals surface area (Å²) in [7, 11) is 1.78. The summed E-state index contributed by atoms with van der Waals surface area (Å²) < 4.78 is 2.76. The fourth-order valence-electron chi connectivity index (χ4n) is 4.61. The first kappa shape index (κ1) is 17.0. The third-order valence-electron chi connectivity index (χ3n) is 5.97. The highest BCUT2D eigenvalue weighted by molar-refractivity contribution is 9.10. The molecule has 4 heterocycles. The van der Waals surface area contributed by atoms with Crippen molar-refractivity contribution < 1.29 is 0 Å². The van der Waals surface area contributed by atoms with Gasteiger partial charge in [0.15, 0.2) is 0 Å². The molecule has 1 saturated heterocycles. The molecular formula is C21H21BrN4O. The molecule has 1 aromatic carbocycles. The molecular weight excluding hydrogens is 404 g/mol. The van der Waals surface area contributed by atoms with Gasteiger partial charge in [-0.1, -0.05) is 22.0 Å². The van der Waals surface area contributed by atoms with Gasteiger partial charge in [0.25, 0.3) is 5.56 Å². The molecule has 2 atom stereocenters. The third kappa shape index (κ3) is 2.62. The van der Waals surface area contributed by atoms with Crippen molar-refractivity contribution in [3.63, 3.8) is 0 Å². The molecule has 0 saturated carbocycles. The van der Waals surface area contributed by atoms with Gasteiger partial charge in [0.2, 0.25) is 0 Å². The molecule has 27 heavy (non-hydrogen) atoms. The van der Waals surface area contributed by atoms with E-state index in [1.54, 1.807) is 23.9 Å².